The van der Waals surface area contributed by atoms with E-state index >= 15 is 4.39 Å². The fourth-order valence-electron chi connectivity index (χ4n) is 3.41. The first-order chi connectivity index (χ1) is 17.0. The van der Waals surface area contributed by atoms with Gasteiger partial charge >= 0.3 is 0 Å². The summed E-state index contributed by atoms with van der Waals surface area (Å²) < 4.78 is 22.7. The van der Waals surface area contributed by atoms with Crippen molar-refractivity contribution in [2.45, 2.75) is 13.8 Å². The highest BCUT2D eigenvalue weighted by Crippen LogP contribution is 2.27. The number of anilines is 2. The van der Waals surface area contributed by atoms with Crippen LogP contribution in [0.5, 0.6) is 0 Å². The van der Waals surface area contributed by atoms with E-state index in [1.54, 1.807) is 63.0 Å². The van der Waals surface area contributed by atoms with Gasteiger partial charge in [-0.25, -0.2) is 9.38 Å². The van der Waals surface area contributed by atoms with E-state index in [1.807, 2.05) is 19.2 Å². The normalized spacial score (nSPS) is 12.2. The number of aryl methyl sites for hydroxylation is 2. The third kappa shape index (κ3) is 5.62. The molecule has 3 aromatic rings. The average Bonchev–Trinajstić information content (AvgIpc) is 3.46. The molecule has 1 amide bonds. The number of aliphatic imine (C=N–C) groups is 1. The summed E-state index contributed by atoms with van der Waals surface area (Å²) in [7, 11) is 8.13. The lowest BCUT2D eigenvalue weighted by molar-refractivity contribution is 0.0823. The van der Waals surface area contributed by atoms with Crippen LogP contribution in [0, 0.1) is 12.7 Å². The first-order valence-electron chi connectivity index (χ1n) is 11.1. The second kappa shape index (κ2) is 10.9. The van der Waals surface area contributed by atoms with Crippen molar-refractivity contribution >= 4 is 28.8 Å². The summed E-state index contributed by atoms with van der Waals surface area (Å²) in [5, 5.41) is 14.5. The molecule has 11 heteroatoms. The number of nitrogens with zero attached hydrogens (tertiary/aromatic N) is 6. The Kier molecular flexibility index (Phi) is 7.93. The topological polar surface area (TPSA) is 104 Å². The van der Waals surface area contributed by atoms with E-state index in [-0.39, 0.29) is 11.3 Å². The standard InChI is InChI=1S/C25H31FN8O2/c1-15-12-21(31-30-15)29-24(23(36-8)16(2)18-13-27-33(6)14-18)28-17(3)34(7)20-11-9-10-19(22(20)26)25(35)32(4)5/h9-14H,2H2,1,3-8H3,(H2,29,30,31)/b24-23-,28-17+. The van der Waals surface area contributed by atoms with Gasteiger partial charge < -0.3 is 19.9 Å². The largest absolute Gasteiger partial charge is 0.492 e. The van der Waals surface area contributed by atoms with Gasteiger partial charge in [0, 0.05) is 57.3 Å². The number of ether oxygens (including phenoxy) is 1. The summed E-state index contributed by atoms with van der Waals surface area (Å²) in [6.07, 6.45) is 3.48. The zero-order valence-corrected chi connectivity index (χ0v) is 21.5. The fourth-order valence-corrected chi connectivity index (χ4v) is 3.41. The number of H-pyrrole nitrogens is 1. The van der Waals surface area contributed by atoms with Gasteiger partial charge in [-0.15, -0.1) is 0 Å². The number of carbonyl (C=O) groups excluding carboxylic acids is 1. The van der Waals surface area contributed by atoms with Gasteiger partial charge in [-0.05, 0) is 26.0 Å². The van der Waals surface area contributed by atoms with Crippen LogP contribution in [-0.2, 0) is 11.8 Å². The van der Waals surface area contributed by atoms with Crippen LogP contribution in [-0.4, -0.2) is 64.9 Å². The Morgan fingerprint density at radius 2 is 2.03 bits per heavy atom. The minimum absolute atomic E-state index is 0.0272. The monoisotopic (exact) mass is 494 g/mol. The van der Waals surface area contributed by atoms with E-state index in [1.165, 1.54) is 18.1 Å². The van der Waals surface area contributed by atoms with Gasteiger partial charge in [0.1, 0.15) is 5.84 Å². The number of benzene rings is 1. The Morgan fingerprint density at radius 1 is 1.31 bits per heavy atom. The van der Waals surface area contributed by atoms with E-state index in [2.05, 4.69) is 27.2 Å². The molecule has 190 valence electrons. The Hall–Kier alpha value is -4.41. The highest BCUT2D eigenvalue weighted by atomic mass is 19.1. The molecule has 0 unspecified atom stereocenters. The third-order valence-corrected chi connectivity index (χ3v) is 5.43. The molecule has 0 aliphatic carbocycles. The number of aromatic amines is 1. The van der Waals surface area contributed by atoms with Crippen molar-refractivity contribution in [2.24, 2.45) is 12.0 Å². The fraction of sp³-hybridized carbons (Fsp3) is 0.280. The quantitative estimate of drug-likeness (QED) is 0.214. The number of amidine groups is 1. The Morgan fingerprint density at radius 3 is 2.58 bits per heavy atom. The molecule has 0 atom stereocenters. The van der Waals surface area contributed by atoms with Gasteiger partial charge in [-0.3, -0.25) is 14.6 Å². The maximum absolute atomic E-state index is 15.3. The molecular weight excluding hydrogens is 463 g/mol. The molecule has 0 spiro atoms. The number of nitrogens with one attached hydrogen (secondary N) is 2. The first kappa shape index (κ1) is 26.2. The molecule has 3 rings (SSSR count). The van der Waals surface area contributed by atoms with Crippen molar-refractivity contribution in [3.63, 3.8) is 0 Å². The molecule has 2 aromatic heterocycles. The van der Waals surface area contributed by atoms with Crippen molar-refractivity contribution in [1.29, 1.82) is 0 Å². The minimum Gasteiger partial charge on any atom is -0.492 e. The summed E-state index contributed by atoms with van der Waals surface area (Å²) in [4.78, 5) is 20.0. The second-order valence-corrected chi connectivity index (χ2v) is 8.38. The number of halogens is 1. The summed E-state index contributed by atoms with van der Waals surface area (Å²) in [6.45, 7) is 7.75. The van der Waals surface area contributed by atoms with Gasteiger partial charge in [0.25, 0.3) is 5.91 Å². The summed E-state index contributed by atoms with van der Waals surface area (Å²) in [5.41, 5.74) is 2.31. The van der Waals surface area contributed by atoms with Crippen LogP contribution >= 0.6 is 0 Å². The molecule has 2 N–H and O–H groups in total. The third-order valence-electron chi connectivity index (χ3n) is 5.43. The summed E-state index contributed by atoms with van der Waals surface area (Å²) in [5.74, 6) is 0.535. The molecule has 0 aliphatic heterocycles. The van der Waals surface area contributed by atoms with Crippen LogP contribution < -0.4 is 10.2 Å². The van der Waals surface area contributed by atoms with E-state index in [0.29, 0.717) is 28.8 Å². The van der Waals surface area contributed by atoms with Crippen molar-refractivity contribution in [3.05, 3.63) is 77.5 Å². The van der Waals surface area contributed by atoms with Crippen LogP contribution in [0.1, 0.15) is 28.5 Å². The number of aromatic nitrogens is 4. The van der Waals surface area contributed by atoms with Crippen molar-refractivity contribution in [1.82, 2.24) is 24.9 Å². The molecule has 0 aliphatic rings. The molecule has 0 saturated carbocycles. The van der Waals surface area contributed by atoms with Crippen molar-refractivity contribution in [2.75, 3.05) is 38.5 Å². The lowest BCUT2D eigenvalue weighted by atomic mass is 10.1. The molecule has 10 nitrogen and oxygen atoms in total. The predicted octanol–water partition coefficient (Wildman–Crippen LogP) is 3.79. The van der Waals surface area contributed by atoms with Crippen molar-refractivity contribution in [3.8, 4) is 0 Å². The van der Waals surface area contributed by atoms with Gasteiger partial charge in [-0.2, -0.15) is 10.2 Å². The van der Waals surface area contributed by atoms with Crippen LogP contribution in [0.2, 0.25) is 0 Å². The molecule has 0 saturated heterocycles. The number of allylic oxidation sites excluding steroid dienone is 1. The smallest absolute Gasteiger partial charge is 0.256 e. The number of rotatable bonds is 8. The average molecular weight is 495 g/mol. The first-order valence-corrected chi connectivity index (χ1v) is 11.1. The number of hydrogen-bond donors (Lipinski definition) is 2. The molecule has 0 fully saturated rings. The van der Waals surface area contributed by atoms with Crippen molar-refractivity contribution < 1.29 is 13.9 Å². The van der Waals surface area contributed by atoms with Gasteiger partial charge in [0.2, 0.25) is 0 Å². The van der Waals surface area contributed by atoms with E-state index in [4.69, 9.17) is 9.73 Å². The highest BCUT2D eigenvalue weighted by molar-refractivity contribution is 6.00. The summed E-state index contributed by atoms with van der Waals surface area (Å²) in [6, 6.07) is 6.48. The molecule has 2 heterocycles. The number of amides is 1. The van der Waals surface area contributed by atoms with E-state index in [9.17, 15) is 4.79 Å². The molecule has 36 heavy (non-hydrogen) atoms. The lowest BCUT2D eigenvalue weighted by Crippen LogP contribution is -2.28. The lowest BCUT2D eigenvalue weighted by Gasteiger charge is -2.22. The Bertz CT molecular complexity index is 1340. The molecular formula is C25H31FN8O2. The van der Waals surface area contributed by atoms with Crippen LogP contribution in [0.15, 0.2) is 59.8 Å². The molecule has 0 radical (unpaired) electrons. The van der Waals surface area contributed by atoms with Crippen LogP contribution in [0.3, 0.4) is 0 Å². The van der Waals surface area contributed by atoms with Gasteiger partial charge in [0.05, 0.1) is 24.6 Å². The van der Waals surface area contributed by atoms with Gasteiger partial charge in [0.15, 0.2) is 23.2 Å². The van der Waals surface area contributed by atoms with Crippen LogP contribution in [0.25, 0.3) is 5.57 Å². The summed E-state index contributed by atoms with van der Waals surface area (Å²) >= 11 is 0. The highest BCUT2D eigenvalue weighted by Gasteiger charge is 2.21. The predicted molar refractivity (Wildman–Crippen MR) is 139 cm³/mol. The van der Waals surface area contributed by atoms with E-state index < -0.39 is 11.7 Å². The van der Waals surface area contributed by atoms with Gasteiger partial charge in [-0.1, -0.05) is 12.6 Å². The minimum atomic E-state index is -0.638. The maximum Gasteiger partial charge on any atom is 0.256 e. The Labute approximate surface area is 209 Å². The maximum atomic E-state index is 15.3. The Balaban J connectivity index is 2.08. The molecule has 1 aromatic carbocycles. The van der Waals surface area contributed by atoms with Crippen LogP contribution in [0.4, 0.5) is 15.9 Å². The SMILES string of the molecule is C=C(/C(OC)=C(\N=C(/C)N(C)c1cccc(C(=O)N(C)C)c1F)Nc1cc(C)[nH]n1)c1cnn(C)c1. The zero-order valence-electron chi connectivity index (χ0n) is 21.5. The number of hydrogen-bond acceptors (Lipinski definition) is 6. The zero-order chi connectivity index (χ0) is 26.6. The molecule has 0 bridgehead atoms. The second-order valence-electron chi connectivity index (χ2n) is 8.38. The number of methoxy groups -OCH3 is 1. The van der Waals surface area contributed by atoms with E-state index in [0.717, 1.165) is 11.3 Å². The number of carbonyl (C=O) groups is 1.